The van der Waals surface area contributed by atoms with E-state index in [4.69, 9.17) is 9.78 Å². The zero-order valence-corrected chi connectivity index (χ0v) is 11.1. The minimum absolute atomic E-state index is 0.182. The van der Waals surface area contributed by atoms with E-state index in [2.05, 4.69) is 28.5 Å². The van der Waals surface area contributed by atoms with Gasteiger partial charge >= 0.3 is 0 Å². The maximum absolute atomic E-state index is 8.87. The van der Waals surface area contributed by atoms with Crippen molar-refractivity contribution in [3.8, 4) is 6.07 Å². The molecule has 2 rings (SSSR count). The van der Waals surface area contributed by atoms with Gasteiger partial charge in [-0.25, -0.2) is 0 Å². The van der Waals surface area contributed by atoms with Crippen LogP contribution in [0.1, 0.15) is 35.8 Å². The third-order valence-corrected chi connectivity index (χ3v) is 2.88. The molecule has 1 aromatic heterocycles. The fraction of sp³-hybridized carbons (Fsp3) is 0.357. The third kappa shape index (κ3) is 3.63. The van der Waals surface area contributed by atoms with Crippen molar-refractivity contribution in [3.05, 3.63) is 47.1 Å². The van der Waals surface area contributed by atoms with E-state index < -0.39 is 0 Å². The second kappa shape index (κ2) is 6.12. The van der Waals surface area contributed by atoms with Gasteiger partial charge < -0.3 is 9.84 Å². The number of nitrogens with zero attached hydrogens (tertiary/aromatic N) is 3. The van der Waals surface area contributed by atoms with Crippen LogP contribution in [0.5, 0.6) is 0 Å². The number of benzene rings is 1. The molecule has 1 unspecified atom stereocenters. The number of hydrogen-bond donors (Lipinski definition) is 1. The predicted molar refractivity (Wildman–Crippen MR) is 70.3 cm³/mol. The maximum atomic E-state index is 8.87. The standard InChI is InChI=1S/C14H16N4O/c1-10(13-5-3-4-12(8-13)9-15)16-7-6-14-17-11(2)19-18-14/h3-5,8,10,16H,6-7H2,1-2H3. The quantitative estimate of drug-likeness (QED) is 0.887. The van der Waals surface area contributed by atoms with Crippen molar-refractivity contribution in [3.63, 3.8) is 0 Å². The summed E-state index contributed by atoms with van der Waals surface area (Å²) < 4.78 is 4.91. The van der Waals surface area contributed by atoms with Gasteiger partial charge in [-0.15, -0.1) is 0 Å². The summed E-state index contributed by atoms with van der Waals surface area (Å²) in [5, 5.41) is 16.1. The van der Waals surface area contributed by atoms with Gasteiger partial charge in [0.1, 0.15) is 0 Å². The number of nitriles is 1. The molecule has 1 atom stereocenters. The molecule has 0 aliphatic heterocycles. The van der Waals surface area contributed by atoms with Gasteiger partial charge in [0.05, 0.1) is 11.6 Å². The highest BCUT2D eigenvalue weighted by Gasteiger charge is 2.07. The summed E-state index contributed by atoms with van der Waals surface area (Å²) in [7, 11) is 0. The lowest BCUT2D eigenvalue weighted by Crippen LogP contribution is -2.21. The summed E-state index contributed by atoms with van der Waals surface area (Å²) in [6.07, 6.45) is 0.722. The summed E-state index contributed by atoms with van der Waals surface area (Å²) in [5.41, 5.74) is 1.78. The van der Waals surface area contributed by atoms with E-state index in [1.165, 1.54) is 0 Å². The average molecular weight is 256 g/mol. The Labute approximate surface area is 112 Å². The van der Waals surface area contributed by atoms with Crippen molar-refractivity contribution in [2.45, 2.75) is 26.3 Å². The predicted octanol–water partition coefficient (Wildman–Crippen LogP) is 2.14. The van der Waals surface area contributed by atoms with Crippen LogP contribution in [0.4, 0.5) is 0 Å². The van der Waals surface area contributed by atoms with Gasteiger partial charge in [-0.3, -0.25) is 0 Å². The highest BCUT2D eigenvalue weighted by Crippen LogP contribution is 2.13. The topological polar surface area (TPSA) is 74.7 Å². The van der Waals surface area contributed by atoms with Crippen molar-refractivity contribution in [1.29, 1.82) is 5.26 Å². The van der Waals surface area contributed by atoms with E-state index in [9.17, 15) is 0 Å². The summed E-state index contributed by atoms with van der Waals surface area (Å²) in [6, 6.07) is 9.94. The Morgan fingerprint density at radius 1 is 1.47 bits per heavy atom. The number of rotatable bonds is 5. The van der Waals surface area contributed by atoms with Crippen LogP contribution in [0.15, 0.2) is 28.8 Å². The zero-order chi connectivity index (χ0) is 13.7. The van der Waals surface area contributed by atoms with Crippen LogP contribution in [0, 0.1) is 18.3 Å². The Balaban J connectivity index is 1.87. The van der Waals surface area contributed by atoms with Gasteiger partial charge in [0.25, 0.3) is 0 Å². The lowest BCUT2D eigenvalue weighted by Gasteiger charge is -2.13. The highest BCUT2D eigenvalue weighted by atomic mass is 16.5. The molecule has 0 aliphatic rings. The van der Waals surface area contributed by atoms with Crippen LogP contribution in [0.2, 0.25) is 0 Å². The summed E-state index contributed by atoms with van der Waals surface area (Å²) >= 11 is 0. The first kappa shape index (κ1) is 13.2. The molecule has 0 radical (unpaired) electrons. The normalized spacial score (nSPS) is 12.1. The van der Waals surface area contributed by atoms with Gasteiger partial charge in [0.15, 0.2) is 5.82 Å². The lowest BCUT2D eigenvalue weighted by molar-refractivity contribution is 0.386. The van der Waals surface area contributed by atoms with E-state index >= 15 is 0 Å². The molecule has 98 valence electrons. The molecule has 1 N–H and O–H groups in total. The molecular formula is C14H16N4O. The molecule has 1 heterocycles. The highest BCUT2D eigenvalue weighted by molar-refractivity contribution is 5.33. The van der Waals surface area contributed by atoms with Crippen LogP contribution in [0.25, 0.3) is 0 Å². The van der Waals surface area contributed by atoms with E-state index in [0.29, 0.717) is 17.3 Å². The van der Waals surface area contributed by atoms with Crippen LogP contribution in [-0.2, 0) is 6.42 Å². The van der Waals surface area contributed by atoms with E-state index in [0.717, 1.165) is 18.5 Å². The Morgan fingerprint density at radius 3 is 3.00 bits per heavy atom. The summed E-state index contributed by atoms with van der Waals surface area (Å²) in [6.45, 7) is 4.61. The minimum atomic E-state index is 0.182. The second-order valence-corrected chi connectivity index (χ2v) is 4.39. The molecule has 2 aromatic rings. The Hall–Kier alpha value is -2.19. The molecule has 0 saturated heterocycles. The first-order valence-electron chi connectivity index (χ1n) is 6.21. The van der Waals surface area contributed by atoms with Gasteiger partial charge in [-0.2, -0.15) is 10.2 Å². The van der Waals surface area contributed by atoms with Crippen molar-refractivity contribution in [2.75, 3.05) is 6.54 Å². The monoisotopic (exact) mass is 256 g/mol. The van der Waals surface area contributed by atoms with Crippen molar-refractivity contribution in [2.24, 2.45) is 0 Å². The third-order valence-electron chi connectivity index (χ3n) is 2.88. The van der Waals surface area contributed by atoms with E-state index in [1.54, 1.807) is 13.0 Å². The van der Waals surface area contributed by atoms with Gasteiger partial charge in [0, 0.05) is 25.9 Å². The first-order valence-corrected chi connectivity index (χ1v) is 6.21. The second-order valence-electron chi connectivity index (χ2n) is 4.39. The minimum Gasteiger partial charge on any atom is -0.340 e. The fourth-order valence-corrected chi connectivity index (χ4v) is 1.84. The van der Waals surface area contributed by atoms with Crippen molar-refractivity contribution >= 4 is 0 Å². The van der Waals surface area contributed by atoms with Crippen molar-refractivity contribution < 1.29 is 4.52 Å². The number of nitrogens with one attached hydrogen (secondary N) is 1. The van der Waals surface area contributed by atoms with Crippen LogP contribution >= 0.6 is 0 Å². The van der Waals surface area contributed by atoms with Gasteiger partial charge in [-0.1, -0.05) is 17.3 Å². The molecule has 0 saturated carbocycles. The largest absolute Gasteiger partial charge is 0.340 e. The zero-order valence-electron chi connectivity index (χ0n) is 11.1. The van der Waals surface area contributed by atoms with E-state index in [-0.39, 0.29) is 6.04 Å². The molecule has 5 heteroatoms. The molecule has 0 aliphatic carbocycles. The maximum Gasteiger partial charge on any atom is 0.223 e. The number of aromatic nitrogens is 2. The smallest absolute Gasteiger partial charge is 0.223 e. The average Bonchev–Trinajstić information content (AvgIpc) is 2.84. The van der Waals surface area contributed by atoms with Gasteiger partial charge in [-0.05, 0) is 24.6 Å². The Kier molecular flexibility index (Phi) is 4.26. The summed E-state index contributed by atoms with van der Waals surface area (Å²) in [5.74, 6) is 1.30. The van der Waals surface area contributed by atoms with Crippen LogP contribution in [0.3, 0.4) is 0 Å². The molecule has 0 fully saturated rings. The molecular weight excluding hydrogens is 240 g/mol. The molecule has 1 aromatic carbocycles. The van der Waals surface area contributed by atoms with Crippen molar-refractivity contribution in [1.82, 2.24) is 15.5 Å². The number of aryl methyl sites for hydroxylation is 1. The molecule has 0 bridgehead atoms. The number of hydrogen-bond acceptors (Lipinski definition) is 5. The SMILES string of the molecule is Cc1nc(CCNC(C)c2cccc(C#N)c2)no1. The molecule has 0 spiro atoms. The lowest BCUT2D eigenvalue weighted by atomic mass is 10.1. The molecule has 19 heavy (non-hydrogen) atoms. The Bertz CT molecular complexity index is 585. The molecule has 0 amide bonds. The molecule has 5 nitrogen and oxygen atoms in total. The fourth-order valence-electron chi connectivity index (χ4n) is 1.84. The summed E-state index contributed by atoms with van der Waals surface area (Å²) in [4.78, 5) is 4.15. The Morgan fingerprint density at radius 2 is 2.32 bits per heavy atom. The van der Waals surface area contributed by atoms with Crippen LogP contribution < -0.4 is 5.32 Å². The first-order chi connectivity index (χ1) is 9.19. The van der Waals surface area contributed by atoms with E-state index in [1.807, 2.05) is 18.2 Å². The van der Waals surface area contributed by atoms with Crippen LogP contribution in [-0.4, -0.2) is 16.7 Å². The van der Waals surface area contributed by atoms with Gasteiger partial charge in [0.2, 0.25) is 5.89 Å².